The monoisotopic (exact) mass is 866 g/mol. The third-order valence-electron chi connectivity index (χ3n) is 11.8. The standard InChI is InChI=1S/C47H54N4O8S2/c1-3-25-56-47-44(61-26-20-34-30-48-21-22-49-34)29-42(50-57-31-32-10-12-35(13-11-32)51(54)55)40-27-33(8-4-6-23-52)39(9-5-7-24-53)45(46(40)47)41-28-37(16-19-43(41)59-47)58-36-14-17-38(60-2)18-15-36/h3,10-19,21-22,27-28,30,33,39,44-46,52-53H,1,4-9,20,23-26,29,31H2,2H3/t33-,39+,44-,45+,46+,47+/m0/s1. The Bertz CT molecular complexity index is 2140. The van der Waals surface area contributed by atoms with Crippen molar-refractivity contribution in [3.8, 4) is 17.2 Å². The minimum Gasteiger partial charge on any atom is -0.460 e. The van der Waals surface area contributed by atoms with Gasteiger partial charge < -0.3 is 29.3 Å². The first kappa shape index (κ1) is 44.3. The van der Waals surface area contributed by atoms with Crippen molar-refractivity contribution in [1.29, 1.82) is 0 Å². The maximum Gasteiger partial charge on any atom is 0.269 e. The number of oxime groups is 1. The number of ether oxygens (including phenoxy) is 3. The number of aliphatic hydroxyl groups is 2. The third-order valence-corrected chi connectivity index (χ3v) is 13.8. The highest BCUT2D eigenvalue weighted by Gasteiger charge is 2.64. The summed E-state index contributed by atoms with van der Waals surface area (Å²) in [6.07, 6.45) is 17.3. The molecule has 0 radical (unpaired) electrons. The molecule has 2 N–H and O–H groups in total. The first-order valence-corrected chi connectivity index (χ1v) is 23.3. The number of nitrogens with zero attached hydrogens (tertiary/aromatic N) is 4. The Morgan fingerprint density at radius 1 is 1.02 bits per heavy atom. The molecule has 6 atom stereocenters. The summed E-state index contributed by atoms with van der Waals surface area (Å²) >= 11 is 3.44. The number of fused-ring (bicyclic) bond motifs is 2. The fourth-order valence-corrected chi connectivity index (χ4v) is 10.8. The SMILES string of the molecule is C=CCO[C@@]12Oc3ccc(Oc4ccc(SC)cc4)cc3[C@H]3[C@H](CCCCO)[C@@H](CCCCO)C=C(C(=NOCc4ccc([N+](=O)[O-])cc4)C[C@@H]1SCCc1cnccn1)[C@H]32. The van der Waals surface area contributed by atoms with Gasteiger partial charge in [-0.1, -0.05) is 30.1 Å². The molecule has 14 heteroatoms. The van der Waals surface area contributed by atoms with Crippen LogP contribution in [-0.4, -0.2) is 73.7 Å². The first-order chi connectivity index (χ1) is 29.9. The molecule has 61 heavy (non-hydrogen) atoms. The van der Waals surface area contributed by atoms with E-state index in [0.29, 0.717) is 31.4 Å². The highest BCUT2D eigenvalue weighted by molar-refractivity contribution is 8.00. The zero-order valence-corrected chi connectivity index (χ0v) is 36.1. The predicted octanol–water partition coefficient (Wildman–Crippen LogP) is 9.71. The van der Waals surface area contributed by atoms with Gasteiger partial charge in [-0.2, -0.15) is 11.8 Å². The number of hydrogen-bond donors (Lipinski definition) is 2. The van der Waals surface area contributed by atoms with Crippen molar-refractivity contribution < 1.29 is 34.2 Å². The fourth-order valence-electron chi connectivity index (χ4n) is 8.98. The van der Waals surface area contributed by atoms with Crippen LogP contribution in [0.1, 0.15) is 67.7 Å². The summed E-state index contributed by atoms with van der Waals surface area (Å²) in [6, 6.07) is 20.5. The number of nitro benzene ring substituents is 1. The van der Waals surface area contributed by atoms with Crippen molar-refractivity contribution in [3.63, 3.8) is 0 Å². The molecular weight excluding hydrogens is 813 g/mol. The minimum atomic E-state index is -1.12. The summed E-state index contributed by atoms with van der Waals surface area (Å²) in [5, 5.41) is 35.8. The number of rotatable bonds is 22. The van der Waals surface area contributed by atoms with Crippen molar-refractivity contribution >= 4 is 34.9 Å². The van der Waals surface area contributed by atoms with Crippen molar-refractivity contribution in [2.75, 3.05) is 31.8 Å². The lowest BCUT2D eigenvalue weighted by Gasteiger charge is -2.58. The van der Waals surface area contributed by atoms with Crippen LogP contribution in [-0.2, 0) is 22.6 Å². The van der Waals surface area contributed by atoms with Crippen molar-refractivity contribution in [1.82, 2.24) is 9.97 Å². The van der Waals surface area contributed by atoms with Gasteiger partial charge >= 0.3 is 0 Å². The summed E-state index contributed by atoms with van der Waals surface area (Å²) in [4.78, 5) is 27.0. The number of allylic oxidation sites excluding steroid dienone is 1. The number of unbranched alkanes of at least 4 members (excludes halogenated alkanes) is 2. The number of benzene rings is 3. The Labute approximate surface area is 366 Å². The maximum atomic E-state index is 11.3. The molecule has 3 aromatic carbocycles. The van der Waals surface area contributed by atoms with Crippen molar-refractivity contribution in [2.24, 2.45) is 22.9 Å². The van der Waals surface area contributed by atoms with E-state index in [9.17, 15) is 20.3 Å². The lowest BCUT2D eigenvalue weighted by atomic mass is 9.56. The largest absolute Gasteiger partial charge is 0.460 e. The van der Waals surface area contributed by atoms with Gasteiger partial charge in [-0.3, -0.25) is 20.1 Å². The first-order valence-electron chi connectivity index (χ1n) is 21.0. The Kier molecular flexibility index (Phi) is 15.5. The van der Waals surface area contributed by atoms with Crippen LogP contribution in [0.2, 0.25) is 0 Å². The van der Waals surface area contributed by atoms with Gasteiger partial charge in [-0.15, -0.1) is 18.3 Å². The van der Waals surface area contributed by atoms with E-state index in [2.05, 4.69) is 28.7 Å². The molecule has 2 aliphatic carbocycles. The van der Waals surface area contributed by atoms with E-state index in [0.717, 1.165) is 75.9 Å². The van der Waals surface area contributed by atoms with Crippen LogP contribution >= 0.6 is 23.5 Å². The smallest absolute Gasteiger partial charge is 0.269 e. The Morgan fingerprint density at radius 2 is 1.79 bits per heavy atom. The van der Waals surface area contributed by atoms with E-state index in [1.54, 1.807) is 60.3 Å². The molecule has 1 saturated carbocycles. The predicted molar refractivity (Wildman–Crippen MR) is 239 cm³/mol. The average molecular weight is 867 g/mol. The molecule has 0 saturated heterocycles. The van der Waals surface area contributed by atoms with Gasteiger partial charge in [0.25, 0.3) is 5.69 Å². The highest BCUT2D eigenvalue weighted by atomic mass is 32.2. The third kappa shape index (κ3) is 10.5. The molecule has 0 unspecified atom stereocenters. The van der Waals surface area contributed by atoms with Crippen LogP contribution in [0.4, 0.5) is 5.69 Å². The lowest BCUT2D eigenvalue weighted by molar-refractivity contribution is -0.384. The molecular formula is C47H54N4O8S2. The van der Waals surface area contributed by atoms with Gasteiger partial charge in [0, 0.05) is 73.2 Å². The van der Waals surface area contributed by atoms with Gasteiger partial charge in [0.05, 0.1) is 34.1 Å². The molecule has 7 rings (SSSR count). The summed E-state index contributed by atoms with van der Waals surface area (Å²) in [5.41, 5.74) is 4.52. The van der Waals surface area contributed by atoms with Crippen LogP contribution in [0.25, 0.3) is 0 Å². The topological polar surface area (TPSA) is 159 Å². The summed E-state index contributed by atoms with van der Waals surface area (Å²) in [5.74, 6) is 1.62. The zero-order chi connectivity index (χ0) is 42.6. The van der Waals surface area contributed by atoms with E-state index in [4.69, 9.17) is 24.2 Å². The second-order valence-electron chi connectivity index (χ2n) is 15.5. The summed E-state index contributed by atoms with van der Waals surface area (Å²) in [6.45, 7) is 4.67. The fraction of sp³-hybridized carbons (Fsp3) is 0.426. The molecule has 322 valence electrons. The molecule has 2 heterocycles. The van der Waals surface area contributed by atoms with Gasteiger partial charge in [-0.25, -0.2) is 0 Å². The molecule has 1 aromatic heterocycles. The van der Waals surface area contributed by atoms with Gasteiger partial charge in [0.2, 0.25) is 5.79 Å². The number of hydrogen-bond acceptors (Lipinski definition) is 13. The zero-order valence-electron chi connectivity index (χ0n) is 34.5. The van der Waals surface area contributed by atoms with Crippen LogP contribution in [0, 0.1) is 27.9 Å². The van der Waals surface area contributed by atoms with E-state index in [1.165, 1.54) is 12.1 Å². The molecule has 1 aliphatic heterocycles. The molecule has 1 fully saturated rings. The highest BCUT2D eigenvalue weighted by Crippen LogP contribution is 2.62. The van der Waals surface area contributed by atoms with Crippen molar-refractivity contribution in [3.05, 3.63) is 137 Å². The van der Waals surface area contributed by atoms with Gasteiger partial charge in [0.15, 0.2) is 0 Å². The Hall–Kier alpha value is -4.73. The maximum absolute atomic E-state index is 11.3. The van der Waals surface area contributed by atoms with Crippen LogP contribution in [0.15, 0.2) is 120 Å². The second kappa shape index (κ2) is 21.4. The van der Waals surface area contributed by atoms with Gasteiger partial charge in [0.1, 0.15) is 23.9 Å². The second-order valence-corrected chi connectivity index (χ2v) is 17.7. The Balaban J connectivity index is 1.35. The minimum absolute atomic E-state index is 0.0124. The Morgan fingerprint density at radius 3 is 2.49 bits per heavy atom. The quantitative estimate of drug-likeness (QED) is 0.0254. The number of non-ortho nitro benzene ring substituents is 1. The summed E-state index contributed by atoms with van der Waals surface area (Å²) < 4.78 is 20.9. The lowest BCUT2D eigenvalue weighted by Crippen LogP contribution is -2.64. The molecule has 0 bridgehead atoms. The van der Waals surface area contributed by atoms with E-state index < -0.39 is 10.7 Å². The van der Waals surface area contributed by atoms with Crippen molar-refractivity contribution in [2.45, 2.75) is 79.8 Å². The number of aromatic nitrogens is 2. The molecule has 0 amide bonds. The molecule has 4 aromatic rings. The molecule has 12 nitrogen and oxygen atoms in total. The van der Waals surface area contributed by atoms with Gasteiger partial charge in [-0.05, 0) is 115 Å². The number of thioether (sulfide) groups is 2. The van der Waals surface area contributed by atoms with E-state index in [1.807, 2.05) is 42.7 Å². The van der Waals surface area contributed by atoms with Crippen LogP contribution in [0.3, 0.4) is 0 Å². The van der Waals surface area contributed by atoms with Crippen LogP contribution < -0.4 is 9.47 Å². The average Bonchev–Trinajstić information content (AvgIpc) is 3.28. The van der Waals surface area contributed by atoms with Crippen LogP contribution in [0.5, 0.6) is 17.2 Å². The normalized spacial score (nSPS) is 23.3. The summed E-state index contributed by atoms with van der Waals surface area (Å²) in [7, 11) is 0. The number of aliphatic hydroxyl groups excluding tert-OH is 2. The van der Waals surface area contributed by atoms with E-state index in [-0.39, 0.29) is 61.0 Å². The molecule has 3 aliphatic rings. The molecule has 0 spiro atoms. The number of aryl methyl sites for hydroxylation is 1. The van der Waals surface area contributed by atoms with E-state index >= 15 is 0 Å². The number of nitro groups is 1.